The first-order valence-corrected chi connectivity index (χ1v) is 9.19. The van der Waals surface area contributed by atoms with Gasteiger partial charge in [-0.3, -0.25) is 0 Å². The molecule has 7 heteroatoms. The fraction of sp³-hybridized carbons (Fsp3) is 0.364. The molecule has 2 N–H and O–H groups in total. The molecular weight excluding hydrogens is 372 g/mol. The Kier molecular flexibility index (Phi) is 7.09. The molecule has 2 rings (SSSR count). The average Bonchev–Trinajstić information content (AvgIpc) is 2.70. The Balaban J connectivity index is 2.00. The highest BCUT2D eigenvalue weighted by Gasteiger charge is 2.19. The summed E-state index contributed by atoms with van der Waals surface area (Å²) in [4.78, 5) is 17.1. The molecule has 29 heavy (non-hydrogen) atoms. The monoisotopic (exact) mass is 400 g/mol. The number of carbonyl (C=O) groups is 1. The van der Waals surface area contributed by atoms with Crippen LogP contribution in [0.1, 0.15) is 38.8 Å². The summed E-state index contributed by atoms with van der Waals surface area (Å²) in [6, 6.07) is 12.6. The number of ether oxygens (including phenoxy) is 3. The third kappa shape index (κ3) is 5.88. The first kappa shape index (κ1) is 22.1. The maximum atomic E-state index is 12.2. The second-order valence-corrected chi connectivity index (χ2v) is 7.49. The van der Waals surface area contributed by atoms with E-state index in [9.17, 15) is 4.79 Å². The molecule has 2 aromatic rings. The number of amidine groups is 1. The summed E-state index contributed by atoms with van der Waals surface area (Å²) in [5.41, 5.74) is 7.65. The Labute approximate surface area is 171 Å². The first-order valence-electron chi connectivity index (χ1n) is 9.19. The van der Waals surface area contributed by atoms with Gasteiger partial charge in [0.25, 0.3) is 0 Å². The maximum Gasteiger partial charge on any atom is 0.374 e. The van der Waals surface area contributed by atoms with Gasteiger partial charge in [0.1, 0.15) is 5.75 Å². The van der Waals surface area contributed by atoms with Gasteiger partial charge in [-0.05, 0) is 48.2 Å². The zero-order chi connectivity index (χ0) is 21.6. The van der Waals surface area contributed by atoms with E-state index in [2.05, 4.69) is 25.9 Å². The lowest BCUT2D eigenvalue weighted by Crippen LogP contribution is -2.26. The van der Waals surface area contributed by atoms with E-state index >= 15 is 0 Å². The number of hydrogen-bond donors (Lipinski definition) is 1. The lowest BCUT2D eigenvalue weighted by atomic mass is 9.87. The molecule has 0 radical (unpaired) electrons. The van der Waals surface area contributed by atoms with Crippen LogP contribution in [0.5, 0.6) is 17.2 Å². The number of rotatable bonds is 7. The summed E-state index contributed by atoms with van der Waals surface area (Å²) in [6.45, 7) is 7.97. The van der Waals surface area contributed by atoms with Crippen molar-refractivity contribution < 1.29 is 23.8 Å². The quantitative estimate of drug-likeness (QED) is 0.330. The molecule has 0 fully saturated rings. The molecule has 0 saturated carbocycles. The number of nitrogens with zero attached hydrogens (tertiary/aromatic N) is 1. The van der Waals surface area contributed by atoms with Gasteiger partial charge < -0.3 is 24.8 Å². The van der Waals surface area contributed by atoms with Gasteiger partial charge >= 0.3 is 5.97 Å². The van der Waals surface area contributed by atoms with E-state index in [1.807, 2.05) is 24.3 Å². The second kappa shape index (κ2) is 9.32. The summed E-state index contributed by atoms with van der Waals surface area (Å²) in [5, 5.41) is 3.70. The third-order valence-corrected chi connectivity index (χ3v) is 4.28. The van der Waals surface area contributed by atoms with Gasteiger partial charge in [-0.25, -0.2) is 4.79 Å². The van der Waals surface area contributed by atoms with Crippen molar-refractivity contribution in [2.45, 2.75) is 39.2 Å². The highest BCUT2D eigenvalue weighted by Crippen LogP contribution is 2.27. The van der Waals surface area contributed by atoms with Crippen molar-refractivity contribution >= 4 is 11.8 Å². The molecule has 7 nitrogen and oxygen atoms in total. The Morgan fingerprint density at radius 3 is 2.17 bits per heavy atom. The second-order valence-electron chi connectivity index (χ2n) is 7.49. The van der Waals surface area contributed by atoms with E-state index in [1.54, 1.807) is 25.1 Å². The normalized spacial score (nSPS) is 12.8. The van der Waals surface area contributed by atoms with Crippen LogP contribution in [-0.2, 0) is 15.0 Å². The van der Waals surface area contributed by atoms with E-state index in [0.717, 1.165) is 0 Å². The van der Waals surface area contributed by atoms with E-state index in [4.69, 9.17) is 24.8 Å². The van der Waals surface area contributed by atoms with E-state index in [0.29, 0.717) is 22.8 Å². The molecule has 1 atom stereocenters. The van der Waals surface area contributed by atoms with Gasteiger partial charge in [0.05, 0.1) is 14.2 Å². The van der Waals surface area contributed by atoms with E-state index in [-0.39, 0.29) is 11.3 Å². The van der Waals surface area contributed by atoms with Gasteiger partial charge in [-0.2, -0.15) is 0 Å². The number of hydrogen-bond acceptors (Lipinski definition) is 6. The summed E-state index contributed by atoms with van der Waals surface area (Å²) in [5.74, 6) is 0.985. The van der Waals surface area contributed by atoms with E-state index < -0.39 is 12.1 Å². The number of benzene rings is 2. The standard InChI is InChI=1S/C22H28N2O5/c1-14(28-17-10-8-16(9-11-17)22(2,3)4)21(25)29-24-20(23)15-7-12-18(26-5)19(13-15)27-6/h7-14H,1-6H3,(H2,23,24)/t14-/m0/s1. The topological polar surface area (TPSA) is 92.4 Å². The molecule has 0 amide bonds. The molecule has 0 heterocycles. The van der Waals surface area contributed by atoms with Gasteiger partial charge in [0.15, 0.2) is 23.4 Å². The zero-order valence-electron chi connectivity index (χ0n) is 17.7. The first-order chi connectivity index (χ1) is 13.7. The van der Waals surface area contributed by atoms with Crippen molar-refractivity contribution in [2.24, 2.45) is 10.9 Å². The minimum Gasteiger partial charge on any atom is -0.493 e. The summed E-state index contributed by atoms with van der Waals surface area (Å²) < 4.78 is 16.0. The van der Waals surface area contributed by atoms with Crippen molar-refractivity contribution in [3.63, 3.8) is 0 Å². The van der Waals surface area contributed by atoms with Crippen LogP contribution in [0.25, 0.3) is 0 Å². The van der Waals surface area contributed by atoms with Crippen LogP contribution in [0.15, 0.2) is 47.6 Å². The molecule has 0 bridgehead atoms. The van der Waals surface area contributed by atoms with Gasteiger partial charge in [0.2, 0.25) is 0 Å². The lowest BCUT2D eigenvalue weighted by molar-refractivity contribution is -0.151. The fourth-order valence-electron chi connectivity index (χ4n) is 2.50. The predicted octanol–water partition coefficient (Wildman–Crippen LogP) is 3.63. The smallest absolute Gasteiger partial charge is 0.374 e. The number of methoxy groups -OCH3 is 2. The summed E-state index contributed by atoms with van der Waals surface area (Å²) >= 11 is 0. The Morgan fingerprint density at radius 2 is 1.62 bits per heavy atom. The summed E-state index contributed by atoms with van der Waals surface area (Å²) in [7, 11) is 3.05. The molecule has 0 unspecified atom stereocenters. The van der Waals surface area contributed by atoms with Crippen molar-refractivity contribution in [3.8, 4) is 17.2 Å². The minimum absolute atomic E-state index is 0.0287. The average molecular weight is 400 g/mol. The lowest BCUT2D eigenvalue weighted by Gasteiger charge is -2.19. The van der Waals surface area contributed by atoms with Crippen LogP contribution >= 0.6 is 0 Å². The van der Waals surface area contributed by atoms with Crippen molar-refractivity contribution in [3.05, 3.63) is 53.6 Å². The van der Waals surface area contributed by atoms with Gasteiger partial charge in [-0.15, -0.1) is 0 Å². The minimum atomic E-state index is -0.850. The molecule has 0 spiro atoms. The SMILES string of the molecule is COc1ccc(/C(N)=N\OC(=O)[C@H](C)Oc2ccc(C(C)(C)C)cc2)cc1OC. The predicted molar refractivity (Wildman–Crippen MR) is 112 cm³/mol. The van der Waals surface area contributed by atoms with Crippen LogP contribution in [0.2, 0.25) is 0 Å². The number of oxime groups is 1. The molecule has 0 aromatic heterocycles. The molecule has 0 saturated heterocycles. The van der Waals surface area contributed by atoms with Crippen molar-refractivity contribution in [2.75, 3.05) is 14.2 Å². The van der Waals surface area contributed by atoms with Crippen LogP contribution in [-0.4, -0.2) is 32.1 Å². The Morgan fingerprint density at radius 1 is 1.00 bits per heavy atom. The highest BCUT2D eigenvalue weighted by atomic mass is 16.7. The van der Waals surface area contributed by atoms with Crippen LogP contribution < -0.4 is 19.9 Å². The largest absolute Gasteiger partial charge is 0.493 e. The molecule has 0 aliphatic carbocycles. The van der Waals surface area contributed by atoms with Gasteiger partial charge in [-0.1, -0.05) is 38.1 Å². The zero-order valence-corrected chi connectivity index (χ0v) is 17.7. The third-order valence-electron chi connectivity index (χ3n) is 4.28. The molecule has 2 aromatic carbocycles. The van der Waals surface area contributed by atoms with Crippen LogP contribution in [0.4, 0.5) is 0 Å². The fourth-order valence-corrected chi connectivity index (χ4v) is 2.50. The Bertz CT molecular complexity index is 870. The maximum absolute atomic E-state index is 12.2. The van der Waals surface area contributed by atoms with Crippen molar-refractivity contribution in [1.82, 2.24) is 0 Å². The molecule has 0 aliphatic rings. The van der Waals surface area contributed by atoms with Crippen molar-refractivity contribution in [1.29, 1.82) is 0 Å². The molecule has 156 valence electrons. The van der Waals surface area contributed by atoms with E-state index in [1.165, 1.54) is 19.8 Å². The molecule has 0 aliphatic heterocycles. The highest BCUT2D eigenvalue weighted by molar-refractivity contribution is 5.98. The van der Waals surface area contributed by atoms with Gasteiger partial charge in [0, 0.05) is 5.56 Å². The van der Waals surface area contributed by atoms with Crippen LogP contribution in [0, 0.1) is 0 Å². The number of nitrogens with two attached hydrogens (primary N) is 1. The van der Waals surface area contributed by atoms with Crippen LogP contribution in [0.3, 0.4) is 0 Å². The Hall–Kier alpha value is -3.22. The molecular formula is C22H28N2O5. The number of carbonyl (C=O) groups excluding carboxylic acids is 1. The summed E-state index contributed by atoms with van der Waals surface area (Å²) in [6.07, 6.45) is -0.850.